The van der Waals surface area contributed by atoms with Crippen LogP contribution in [0.25, 0.3) is 0 Å². The van der Waals surface area contributed by atoms with E-state index in [9.17, 15) is 4.79 Å². The summed E-state index contributed by atoms with van der Waals surface area (Å²) in [6.07, 6.45) is 4.44. The van der Waals surface area contributed by atoms with Gasteiger partial charge in [-0.3, -0.25) is 9.79 Å². The predicted octanol–water partition coefficient (Wildman–Crippen LogP) is 2.89. The molecule has 0 fully saturated rings. The van der Waals surface area contributed by atoms with Crippen LogP contribution in [0.4, 0.5) is 0 Å². The average Bonchev–Trinajstić information content (AvgIpc) is 2.74. The molecule has 0 radical (unpaired) electrons. The fourth-order valence-corrected chi connectivity index (χ4v) is 2.83. The molecule has 0 heterocycles. The summed E-state index contributed by atoms with van der Waals surface area (Å²) in [6, 6.07) is 3.82. The molecule has 0 atom stereocenters. The van der Waals surface area contributed by atoms with E-state index in [-0.39, 0.29) is 5.97 Å². The molecule has 0 unspecified atom stereocenters. The Bertz CT molecular complexity index is 624. The van der Waals surface area contributed by atoms with E-state index in [1.807, 2.05) is 19.1 Å². The van der Waals surface area contributed by atoms with Crippen molar-refractivity contribution in [3.8, 4) is 17.2 Å². The number of ether oxygens (including phenoxy) is 4. The van der Waals surface area contributed by atoms with Crippen molar-refractivity contribution in [3.63, 3.8) is 0 Å². The van der Waals surface area contributed by atoms with Crippen molar-refractivity contribution < 1.29 is 23.7 Å². The maximum Gasteiger partial charge on any atom is 0.305 e. The van der Waals surface area contributed by atoms with Gasteiger partial charge >= 0.3 is 5.97 Å². The van der Waals surface area contributed by atoms with Crippen LogP contribution in [0, 0.1) is 0 Å². The van der Waals surface area contributed by atoms with E-state index >= 15 is 0 Å². The molecule has 2 N–H and O–H groups in total. The molecule has 0 aliphatic heterocycles. The summed E-state index contributed by atoms with van der Waals surface area (Å²) < 4.78 is 21.0. The van der Waals surface area contributed by atoms with E-state index in [1.54, 1.807) is 28.4 Å². The number of hydrogen-bond donors (Lipinski definition) is 2. The molecule has 0 aromatic heterocycles. The number of nitrogens with one attached hydrogen (secondary N) is 2. The van der Waals surface area contributed by atoms with E-state index in [1.165, 1.54) is 0 Å². The Morgan fingerprint density at radius 1 is 0.966 bits per heavy atom. The standard InChI is InChI=1S/C21H35N3O5/c1-6-29-19(25)11-9-7-8-10-12-23-21(22-2)24-15-16-13-17(26-3)20(28-5)18(14-16)27-4/h13-14H,6-12,15H2,1-5H3,(H2,22,23,24). The monoisotopic (exact) mass is 409 g/mol. The third kappa shape index (κ3) is 8.93. The lowest BCUT2D eigenvalue weighted by atomic mass is 10.1. The lowest BCUT2D eigenvalue weighted by Crippen LogP contribution is -2.37. The van der Waals surface area contributed by atoms with Crippen LogP contribution in [-0.2, 0) is 16.1 Å². The number of aliphatic imine (C=N–C) groups is 1. The van der Waals surface area contributed by atoms with E-state index < -0.39 is 0 Å². The SMILES string of the molecule is CCOC(=O)CCCCCCNC(=NC)NCc1cc(OC)c(OC)c(OC)c1. The zero-order valence-corrected chi connectivity index (χ0v) is 18.3. The zero-order chi connectivity index (χ0) is 21.5. The Labute approximate surface area is 174 Å². The fraction of sp³-hybridized carbons (Fsp3) is 0.619. The van der Waals surface area contributed by atoms with Gasteiger partial charge in [-0.1, -0.05) is 12.8 Å². The number of unbranched alkanes of at least 4 members (excludes halogenated alkanes) is 3. The molecular weight excluding hydrogens is 374 g/mol. The Balaban J connectivity index is 2.37. The first-order valence-electron chi connectivity index (χ1n) is 9.98. The molecule has 1 rings (SSSR count). The Kier molecular flexibility index (Phi) is 12.1. The highest BCUT2D eigenvalue weighted by Gasteiger charge is 2.13. The van der Waals surface area contributed by atoms with Crippen molar-refractivity contribution in [1.29, 1.82) is 0 Å². The van der Waals surface area contributed by atoms with E-state index in [0.717, 1.165) is 43.8 Å². The van der Waals surface area contributed by atoms with Crippen LogP contribution in [0.15, 0.2) is 17.1 Å². The maximum absolute atomic E-state index is 11.3. The summed E-state index contributed by atoms with van der Waals surface area (Å²) in [7, 11) is 6.52. The summed E-state index contributed by atoms with van der Waals surface area (Å²) in [5.74, 6) is 2.43. The van der Waals surface area contributed by atoms with Gasteiger partial charge < -0.3 is 29.6 Å². The molecule has 0 saturated heterocycles. The molecule has 8 nitrogen and oxygen atoms in total. The number of guanidine groups is 1. The highest BCUT2D eigenvalue weighted by Crippen LogP contribution is 2.38. The fourth-order valence-electron chi connectivity index (χ4n) is 2.83. The Morgan fingerprint density at radius 2 is 1.62 bits per heavy atom. The molecule has 1 aromatic carbocycles. The third-order valence-electron chi connectivity index (χ3n) is 4.31. The van der Waals surface area contributed by atoms with Gasteiger partial charge in [0, 0.05) is 26.6 Å². The molecule has 1 aromatic rings. The van der Waals surface area contributed by atoms with Gasteiger partial charge in [-0.05, 0) is 37.5 Å². The minimum absolute atomic E-state index is 0.109. The largest absolute Gasteiger partial charge is 0.493 e. The van der Waals surface area contributed by atoms with Crippen molar-refractivity contribution in [1.82, 2.24) is 10.6 Å². The number of rotatable bonds is 13. The van der Waals surface area contributed by atoms with Crippen molar-refractivity contribution >= 4 is 11.9 Å². The van der Waals surface area contributed by atoms with Gasteiger partial charge in [-0.25, -0.2) is 0 Å². The number of nitrogens with zero attached hydrogens (tertiary/aromatic N) is 1. The quantitative estimate of drug-likeness (QED) is 0.224. The van der Waals surface area contributed by atoms with Crippen LogP contribution >= 0.6 is 0 Å². The van der Waals surface area contributed by atoms with Crippen LogP contribution in [0.2, 0.25) is 0 Å². The van der Waals surface area contributed by atoms with Gasteiger partial charge in [0.1, 0.15) is 0 Å². The first-order chi connectivity index (χ1) is 14.1. The van der Waals surface area contributed by atoms with Crippen molar-refractivity contribution in [2.24, 2.45) is 4.99 Å². The molecule has 164 valence electrons. The molecule has 29 heavy (non-hydrogen) atoms. The zero-order valence-electron chi connectivity index (χ0n) is 18.3. The second kappa shape index (κ2) is 14.4. The normalized spacial score (nSPS) is 11.0. The molecule has 8 heteroatoms. The van der Waals surface area contributed by atoms with Gasteiger partial charge in [0.25, 0.3) is 0 Å². The number of carbonyl (C=O) groups is 1. The number of carbonyl (C=O) groups excluding carboxylic acids is 1. The average molecular weight is 410 g/mol. The lowest BCUT2D eigenvalue weighted by Gasteiger charge is -2.16. The van der Waals surface area contributed by atoms with Crippen LogP contribution in [-0.4, -0.2) is 53.5 Å². The van der Waals surface area contributed by atoms with Crippen LogP contribution in [0.1, 0.15) is 44.6 Å². The van der Waals surface area contributed by atoms with Crippen LogP contribution in [0.3, 0.4) is 0 Å². The minimum Gasteiger partial charge on any atom is -0.493 e. The topological polar surface area (TPSA) is 90.4 Å². The van der Waals surface area contributed by atoms with Gasteiger partial charge in [0.15, 0.2) is 17.5 Å². The molecular formula is C21H35N3O5. The molecule has 0 saturated carbocycles. The summed E-state index contributed by atoms with van der Waals surface area (Å²) in [6.45, 7) is 3.65. The van der Waals surface area contributed by atoms with Crippen LogP contribution < -0.4 is 24.8 Å². The second-order valence-electron chi connectivity index (χ2n) is 6.36. The van der Waals surface area contributed by atoms with Crippen LogP contribution in [0.5, 0.6) is 17.2 Å². The first kappa shape index (κ1) is 24.4. The lowest BCUT2D eigenvalue weighted by molar-refractivity contribution is -0.143. The molecule has 0 bridgehead atoms. The summed E-state index contributed by atoms with van der Waals surface area (Å²) >= 11 is 0. The smallest absolute Gasteiger partial charge is 0.305 e. The van der Waals surface area contributed by atoms with Crippen molar-refractivity contribution in [3.05, 3.63) is 17.7 Å². The molecule has 0 spiro atoms. The minimum atomic E-state index is -0.109. The highest BCUT2D eigenvalue weighted by atomic mass is 16.5. The second-order valence-corrected chi connectivity index (χ2v) is 6.36. The van der Waals surface area contributed by atoms with Crippen molar-refractivity contribution in [2.45, 2.75) is 45.6 Å². The maximum atomic E-state index is 11.3. The van der Waals surface area contributed by atoms with Gasteiger partial charge in [-0.15, -0.1) is 0 Å². The highest BCUT2D eigenvalue weighted by molar-refractivity contribution is 5.79. The summed E-state index contributed by atoms with van der Waals surface area (Å²) in [5, 5.41) is 6.58. The first-order valence-corrected chi connectivity index (χ1v) is 9.98. The van der Waals surface area contributed by atoms with Gasteiger partial charge in [0.2, 0.25) is 5.75 Å². The number of hydrogen-bond acceptors (Lipinski definition) is 6. The van der Waals surface area contributed by atoms with E-state index in [0.29, 0.717) is 36.8 Å². The third-order valence-corrected chi connectivity index (χ3v) is 4.31. The molecule has 0 amide bonds. The van der Waals surface area contributed by atoms with E-state index in [4.69, 9.17) is 18.9 Å². The summed E-state index contributed by atoms with van der Waals surface area (Å²) in [5.41, 5.74) is 0.987. The summed E-state index contributed by atoms with van der Waals surface area (Å²) in [4.78, 5) is 15.5. The number of benzene rings is 1. The molecule has 0 aliphatic carbocycles. The Morgan fingerprint density at radius 3 is 2.17 bits per heavy atom. The van der Waals surface area contributed by atoms with E-state index in [2.05, 4.69) is 15.6 Å². The molecule has 0 aliphatic rings. The predicted molar refractivity (Wildman–Crippen MR) is 114 cm³/mol. The Hall–Kier alpha value is -2.64. The number of esters is 1. The van der Waals surface area contributed by atoms with Gasteiger partial charge in [0.05, 0.1) is 27.9 Å². The van der Waals surface area contributed by atoms with Gasteiger partial charge in [-0.2, -0.15) is 0 Å². The van der Waals surface area contributed by atoms with Crippen molar-refractivity contribution in [2.75, 3.05) is 41.5 Å². The number of methoxy groups -OCH3 is 3.